The van der Waals surface area contributed by atoms with Gasteiger partial charge in [0.2, 0.25) is 5.89 Å². The molecule has 1 aliphatic heterocycles. The summed E-state index contributed by atoms with van der Waals surface area (Å²) in [5.74, 6) is 0.425. The van der Waals surface area contributed by atoms with Gasteiger partial charge in [-0.25, -0.2) is 0 Å². The summed E-state index contributed by atoms with van der Waals surface area (Å²) < 4.78 is 47.1. The van der Waals surface area contributed by atoms with Crippen molar-refractivity contribution in [2.24, 2.45) is 0 Å². The highest BCUT2D eigenvalue weighted by atomic mass is 19.4. The zero-order chi connectivity index (χ0) is 15.0. The number of para-hydroxylation sites is 1. The van der Waals surface area contributed by atoms with Crippen molar-refractivity contribution in [2.75, 3.05) is 6.61 Å². The Labute approximate surface area is 117 Å². The number of aliphatic hydroxyl groups excluding tert-OH is 1. The summed E-state index contributed by atoms with van der Waals surface area (Å²) in [6.07, 6.45) is -7.98. The van der Waals surface area contributed by atoms with Gasteiger partial charge < -0.3 is 14.4 Å². The molecule has 2 atom stereocenters. The number of rotatable bonds is 3. The fraction of sp³-hybridized carbons (Fsp3) is 0.385. The molecule has 0 aliphatic carbocycles. The molecule has 0 radical (unpaired) electrons. The van der Waals surface area contributed by atoms with Crippen LogP contribution in [0.4, 0.5) is 13.2 Å². The number of benzene rings is 1. The Hall–Kier alpha value is -2.09. The zero-order valence-corrected chi connectivity index (χ0v) is 10.7. The van der Waals surface area contributed by atoms with Crippen molar-refractivity contribution in [1.82, 2.24) is 10.1 Å². The molecule has 0 fully saturated rings. The van der Waals surface area contributed by atoms with E-state index in [9.17, 15) is 13.2 Å². The molecule has 0 amide bonds. The minimum Gasteiger partial charge on any atom is -0.492 e. The van der Waals surface area contributed by atoms with Crippen molar-refractivity contribution in [2.45, 2.75) is 24.6 Å². The topological polar surface area (TPSA) is 68.4 Å². The van der Waals surface area contributed by atoms with Crippen LogP contribution in [0.3, 0.4) is 0 Å². The van der Waals surface area contributed by atoms with E-state index in [-0.39, 0.29) is 17.6 Å². The fourth-order valence-corrected chi connectivity index (χ4v) is 2.15. The van der Waals surface area contributed by atoms with Crippen LogP contribution in [-0.4, -0.2) is 34.1 Å². The minimum atomic E-state index is -4.71. The first kappa shape index (κ1) is 13.9. The average molecular weight is 300 g/mol. The summed E-state index contributed by atoms with van der Waals surface area (Å²) in [4.78, 5) is 3.93. The molecular weight excluding hydrogens is 289 g/mol. The van der Waals surface area contributed by atoms with Gasteiger partial charge >= 0.3 is 6.18 Å². The standard InChI is InChI=1S/C13H11F3N2O3/c14-13(15,16)10(19)5-11-17-12(18-21-11)8-6-20-9-4-2-1-3-7(8)9/h1-4,8,10,19H,5-6H2. The summed E-state index contributed by atoms with van der Waals surface area (Å²) >= 11 is 0. The van der Waals surface area contributed by atoms with E-state index in [1.54, 1.807) is 6.07 Å². The quantitative estimate of drug-likeness (QED) is 0.939. The lowest BCUT2D eigenvalue weighted by Crippen LogP contribution is -2.30. The molecule has 3 rings (SSSR count). The second kappa shape index (κ2) is 5.03. The van der Waals surface area contributed by atoms with Crippen LogP contribution in [-0.2, 0) is 6.42 Å². The second-order valence-corrected chi connectivity index (χ2v) is 4.71. The predicted octanol–water partition coefficient (Wildman–Crippen LogP) is 2.06. The number of hydrogen-bond acceptors (Lipinski definition) is 5. The third-order valence-corrected chi connectivity index (χ3v) is 3.24. The van der Waals surface area contributed by atoms with Crippen LogP contribution in [0.15, 0.2) is 28.8 Å². The van der Waals surface area contributed by atoms with Crippen LogP contribution < -0.4 is 4.74 Å². The molecule has 1 aromatic carbocycles. The molecule has 112 valence electrons. The van der Waals surface area contributed by atoms with Crippen molar-refractivity contribution in [3.8, 4) is 5.75 Å². The Morgan fingerprint density at radius 3 is 2.86 bits per heavy atom. The van der Waals surface area contributed by atoms with Gasteiger partial charge in [-0.15, -0.1) is 0 Å². The van der Waals surface area contributed by atoms with Crippen LogP contribution >= 0.6 is 0 Å². The van der Waals surface area contributed by atoms with Crippen LogP contribution in [0.2, 0.25) is 0 Å². The van der Waals surface area contributed by atoms with Gasteiger partial charge in [-0.05, 0) is 6.07 Å². The molecule has 2 aromatic rings. The Morgan fingerprint density at radius 1 is 1.33 bits per heavy atom. The van der Waals surface area contributed by atoms with Crippen molar-refractivity contribution in [1.29, 1.82) is 0 Å². The van der Waals surface area contributed by atoms with Crippen LogP contribution in [0.5, 0.6) is 5.75 Å². The smallest absolute Gasteiger partial charge is 0.414 e. The molecule has 0 spiro atoms. The molecule has 0 bridgehead atoms. The molecule has 5 nitrogen and oxygen atoms in total. The average Bonchev–Trinajstić information content (AvgIpc) is 3.03. The summed E-state index contributed by atoms with van der Waals surface area (Å²) in [7, 11) is 0. The second-order valence-electron chi connectivity index (χ2n) is 4.71. The number of aromatic nitrogens is 2. The number of aliphatic hydroxyl groups is 1. The Balaban J connectivity index is 1.78. The lowest BCUT2D eigenvalue weighted by Gasteiger charge is -2.11. The van der Waals surface area contributed by atoms with Gasteiger partial charge in [0.05, 0.1) is 12.3 Å². The van der Waals surface area contributed by atoms with Gasteiger partial charge in [-0.2, -0.15) is 18.2 Å². The van der Waals surface area contributed by atoms with E-state index in [2.05, 4.69) is 10.1 Å². The number of alkyl halides is 3. The van der Waals surface area contributed by atoms with E-state index in [0.29, 0.717) is 12.4 Å². The Bertz CT molecular complexity index is 642. The zero-order valence-electron chi connectivity index (χ0n) is 10.7. The van der Waals surface area contributed by atoms with Crippen molar-refractivity contribution < 1.29 is 27.5 Å². The van der Waals surface area contributed by atoms with Gasteiger partial charge in [0.15, 0.2) is 11.9 Å². The highest BCUT2D eigenvalue weighted by Crippen LogP contribution is 2.36. The van der Waals surface area contributed by atoms with Crippen LogP contribution in [0.25, 0.3) is 0 Å². The van der Waals surface area contributed by atoms with E-state index in [1.807, 2.05) is 18.2 Å². The van der Waals surface area contributed by atoms with E-state index in [0.717, 1.165) is 5.56 Å². The van der Waals surface area contributed by atoms with Gasteiger partial charge in [0.1, 0.15) is 12.4 Å². The first-order valence-electron chi connectivity index (χ1n) is 6.24. The SMILES string of the molecule is OC(Cc1nc(C2COc3ccccc32)no1)C(F)(F)F. The lowest BCUT2D eigenvalue weighted by atomic mass is 10.0. The van der Waals surface area contributed by atoms with Crippen LogP contribution in [0, 0.1) is 0 Å². The summed E-state index contributed by atoms with van der Waals surface area (Å²) in [5.41, 5.74) is 0.862. The molecule has 1 aromatic heterocycles. The van der Waals surface area contributed by atoms with E-state index in [1.165, 1.54) is 0 Å². The third kappa shape index (κ3) is 2.71. The lowest BCUT2D eigenvalue weighted by molar-refractivity contribution is -0.204. The molecule has 1 aliphatic rings. The highest BCUT2D eigenvalue weighted by molar-refractivity contribution is 5.42. The van der Waals surface area contributed by atoms with Gasteiger partial charge in [0.25, 0.3) is 0 Å². The molecule has 0 saturated heterocycles. The molecule has 8 heteroatoms. The number of halogens is 3. The maximum absolute atomic E-state index is 12.3. The Morgan fingerprint density at radius 2 is 2.10 bits per heavy atom. The molecule has 2 unspecified atom stereocenters. The molecule has 2 heterocycles. The molecule has 1 N–H and O–H groups in total. The third-order valence-electron chi connectivity index (χ3n) is 3.24. The molecular formula is C13H11F3N2O3. The maximum Gasteiger partial charge on any atom is 0.414 e. The number of nitrogens with zero attached hydrogens (tertiary/aromatic N) is 2. The molecule has 21 heavy (non-hydrogen) atoms. The summed E-state index contributed by atoms with van der Waals surface area (Å²) in [6.45, 7) is 0.306. The minimum absolute atomic E-state index is 0.251. The van der Waals surface area contributed by atoms with Crippen molar-refractivity contribution in [3.63, 3.8) is 0 Å². The first-order chi connectivity index (χ1) is 9.95. The van der Waals surface area contributed by atoms with Crippen molar-refractivity contribution >= 4 is 0 Å². The first-order valence-corrected chi connectivity index (χ1v) is 6.24. The number of hydrogen-bond donors (Lipinski definition) is 1. The number of fused-ring (bicyclic) bond motifs is 1. The highest BCUT2D eigenvalue weighted by Gasteiger charge is 2.39. The normalized spacial score (nSPS) is 19.1. The van der Waals surface area contributed by atoms with E-state index < -0.39 is 18.7 Å². The molecule has 0 saturated carbocycles. The van der Waals surface area contributed by atoms with Gasteiger partial charge in [0, 0.05) is 5.56 Å². The Kier molecular flexibility index (Phi) is 3.32. The fourth-order valence-electron chi connectivity index (χ4n) is 2.15. The summed E-state index contributed by atoms with van der Waals surface area (Å²) in [5, 5.41) is 12.7. The van der Waals surface area contributed by atoms with Gasteiger partial charge in [-0.3, -0.25) is 0 Å². The predicted molar refractivity (Wildman–Crippen MR) is 63.8 cm³/mol. The summed E-state index contributed by atoms with van der Waals surface area (Å²) in [6, 6.07) is 7.29. The van der Waals surface area contributed by atoms with Gasteiger partial charge in [-0.1, -0.05) is 23.4 Å². The van der Waals surface area contributed by atoms with Crippen molar-refractivity contribution in [3.05, 3.63) is 41.5 Å². The van der Waals surface area contributed by atoms with Crippen LogP contribution in [0.1, 0.15) is 23.2 Å². The van der Waals surface area contributed by atoms with E-state index >= 15 is 0 Å². The maximum atomic E-state index is 12.3. The largest absolute Gasteiger partial charge is 0.492 e. The monoisotopic (exact) mass is 300 g/mol. The van der Waals surface area contributed by atoms with E-state index in [4.69, 9.17) is 14.4 Å². The number of ether oxygens (including phenoxy) is 1.